The number of likely N-dealkylation sites (N-methyl/N-ethyl adjacent to an activating group) is 1. The lowest BCUT2D eigenvalue weighted by atomic mass is 9.72. The number of aryl methyl sites for hydroxylation is 1. The number of amides is 2. The van der Waals surface area contributed by atoms with Crippen LogP contribution in [-0.4, -0.2) is 82.1 Å². The van der Waals surface area contributed by atoms with Crippen molar-refractivity contribution in [3.8, 4) is 0 Å². The normalized spacial score (nSPS) is 26.1. The van der Waals surface area contributed by atoms with Gasteiger partial charge in [-0.15, -0.1) is 0 Å². The number of nitrogens with zero attached hydrogens (tertiary/aromatic N) is 5. The van der Waals surface area contributed by atoms with E-state index in [1.54, 1.807) is 10.9 Å². The van der Waals surface area contributed by atoms with Crippen LogP contribution in [0.4, 0.5) is 0 Å². The first-order valence-corrected chi connectivity index (χ1v) is 10.2. The molecule has 4 rings (SSSR count). The molecule has 0 unspecified atom stereocenters. The van der Waals surface area contributed by atoms with Crippen molar-refractivity contribution in [2.75, 3.05) is 39.8 Å². The van der Waals surface area contributed by atoms with Gasteiger partial charge in [-0.1, -0.05) is 0 Å². The van der Waals surface area contributed by atoms with Gasteiger partial charge in [-0.05, 0) is 57.7 Å². The minimum Gasteiger partial charge on any atom is -0.341 e. The van der Waals surface area contributed by atoms with E-state index in [2.05, 4.69) is 21.9 Å². The Morgan fingerprint density at radius 3 is 2.67 bits per heavy atom. The largest absolute Gasteiger partial charge is 0.341 e. The van der Waals surface area contributed by atoms with Crippen LogP contribution < -0.4 is 0 Å². The number of hydrogen-bond donors (Lipinski definition) is 0. The summed E-state index contributed by atoms with van der Waals surface area (Å²) in [6.07, 6.45) is 6.48. The molecule has 0 bridgehead atoms. The van der Waals surface area contributed by atoms with E-state index < -0.39 is 0 Å². The van der Waals surface area contributed by atoms with E-state index in [1.807, 2.05) is 17.9 Å². The summed E-state index contributed by atoms with van der Waals surface area (Å²) in [4.78, 5) is 31.6. The van der Waals surface area contributed by atoms with Crippen molar-refractivity contribution < 1.29 is 9.59 Å². The third kappa shape index (κ3) is 3.74. The SMILES string of the molecule is Cc1ccnn1CC(=O)N1CCC2(CCC(=O)N([C@@H]3CCN(C)C3)C2)CC1. The van der Waals surface area contributed by atoms with Gasteiger partial charge in [-0.25, -0.2) is 0 Å². The van der Waals surface area contributed by atoms with Gasteiger partial charge in [0.05, 0.1) is 0 Å². The number of carbonyl (C=O) groups is 2. The molecule has 4 heterocycles. The second kappa shape index (κ2) is 7.26. The molecule has 2 amide bonds. The van der Waals surface area contributed by atoms with Gasteiger partial charge in [0.25, 0.3) is 0 Å². The van der Waals surface area contributed by atoms with E-state index >= 15 is 0 Å². The van der Waals surface area contributed by atoms with Crippen molar-refractivity contribution in [1.82, 2.24) is 24.5 Å². The molecule has 1 atom stereocenters. The number of hydrogen-bond acceptors (Lipinski definition) is 4. The molecular weight excluding hydrogens is 342 g/mol. The summed E-state index contributed by atoms with van der Waals surface area (Å²) in [5, 5.41) is 4.22. The first kappa shape index (κ1) is 18.5. The van der Waals surface area contributed by atoms with Gasteiger partial charge in [0, 0.05) is 50.5 Å². The van der Waals surface area contributed by atoms with Gasteiger partial charge in [0.1, 0.15) is 6.54 Å². The van der Waals surface area contributed by atoms with Crippen molar-refractivity contribution in [2.45, 2.75) is 51.6 Å². The fourth-order valence-electron chi connectivity index (χ4n) is 4.97. The number of rotatable bonds is 3. The molecule has 3 saturated heterocycles. The average molecular weight is 374 g/mol. The summed E-state index contributed by atoms with van der Waals surface area (Å²) < 4.78 is 1.77. The summed E-state index contributed by atoms with van der Waals surface area (Å²) >= 11 is 0. The van der Waals surface area contributed by atoms with Gasteiger partial charge >= 0.3 is 0 Å². The van der Waals surface area contributed by atoms with E-state index in [9.17, 15) is 9.59 Å². The molecule has 0 radical (unpaired) electrons. The molecular formula is C20H31N5O2. The molecule has 7 nitrogen and oxygen atoms in total. The van der Waals surface area contributed by atoms with E-state index in [0.717, 1.165) is 64.1 Å². The van der Waals surface area contributed by atoms with E-state index in [0.29, 0.717) is 24.9 Å². The lowest BCUT2D eigenvalue weighted by molar-refractivity contribution is -0.145. The Bertz CT molecular complexity index is 707. The Morgan fingerprint density at radius 1 is 1.26 bits per heavy atom. The van der Waals surface area contributed by atoms with Crippen molar-refractivity contribution in [3.05, 3.63) is 18.0 Å². The van der Waals surface area contributed by atoms with Crippen LogP contribution in [0.5, 0.6) is 0 Å². The van der Waals surface area contributed by atoms with E-state index in [-0.39, 0.29) is 11.3 Å². The first-order valence-electron chi connectivity index (χ1n) is 10.2. The summed E-state index contributed by atoms with van der Waals surface area (Å²) in [6, 6.07) is 2.30. The highest BCUT2D eigenvalue weighted by Crippen LogP contribution is 2.41. The predicted octanol–water partition coefficient (Wildman–Crippen LogP) is 1.13. The predicted molar refractivity (Wildman–Crippen MR) is 102 cm³/mol. The van der Waals surface area contributed by atoms with Crippen molar-refractivity contribution >= 4 is 11.8 Å². The summed E-state index contributed by atoms with van der Waals surface area (Å²) in [6.45, 7) is 6.85. The van der Waals surface area contributed by atoms with Crippen LogP contribution in [0.2, 0.25) is 0 Å². The van der Waals surface area contributed by atoms with Crippen LogP contribution in [-0.2, 0) is 16.1 Å². The number of likely N-dealkylation sites (tertiary alicyclic amines) is 3. The molecule has 1 aromatic heterocycles. The zero-order valence-electron chi connectivity index (χ0n) is 16.6. The molecule has 1 spiro atoms. The second-order valence-electron chi connectivity index (χ2n) is 8.74. The Hall–Kier alpha value is -1.89. The molecule has 3 aliphatic heterocycles. The Kier molecular flexibility index (Phi) is 4.97. The maximum absolute atomic E-state index is 12.6. The molecule has 0 N–H and O–H groups in total. The maximum atomic E-state index is 12.6. The van der Waals surface area contributed by atoms with Crippen molar-refractivity contribution in [1.29, 1.82) is 0 Å². The first-order chi connectivity index (χ1) is 13.0. The zero-order valence-corrected chi connectivity index (χ0v) is 16.6. The minimum atomic E-state index is 0.151. The number of carbonyl (C=O) groups excluding carboxylic acids is 2. The third-order valence-corrected chi connectivity index (χ3v) is 6.89. The zero-order chi connectivity index (χ0) is 19.0. The highest BCUT2D eigenvalue weighted by atomic mass is 16.2. The van der Waals surface area contributed by atoms with Crippen LogP contribution >= 0.6 is 0 Å². The van der Waals surface area contributed by atoms with Gasteiger partial charge in [0.15, 0.2) is 0 Å². The van der Waals surface area contributed by atoms with E-state index in [1.165, 1.54) is 0 Å². The van der Waals surface area contributed by atoms with Gasteiger partial charge < -0.3 is 14.7 Å². The summed E-state index contributed by atoms with van der Waals surface area (Å²) in [5.74, 6) is 0.478. The van der Waals surface area contributed by atoms with Gasteiger partial charge in [0.2, 0.25) is 11.8 Å². The smallest absolute Gasteiger partial charge is 0.244 e. The molecule has 0 aliphatic carbocycles. The minimum absolute atomic E-state index is 0.151. The fourth-order valence-corrected chi connectivity index (χ4v) is 4.97. The summed E-state index contributed by atoms with van der Waals surface area (Å²) in [5.41, 5.74) is 1.22. The van der Waals surface area contributed by atoms with Crippen LogP contribution in [0.1, 0.15) is 37.8 Å². The molecule has 0 aromatic carbocycles. The second-order valence-corrected chi connectivity index (χ2v) is 8.74. The van der Waals surface area contributed by atoms with Crippen LogP contribution in [0.3, 0.4) is 0 Å². The fraction of sp³-hybridized carbons (Fsp3) is 0.750. The number of aromatic nitrogens is 2. The molecule has 3 fully saturated rings. The molecule has 0 saturated carbocycles. The van der Waals surface area contributed by atoms with Gasteiger partial charge in [-0.2, -0.15) is 5.10 Å². The Morgan fingerprint density at radius 2 is 2.04 bits per heavy atom. The molecule has 7 heteroatoms. The molecule has 148 valence electrons. The van der Waals surface area contributed by atoms with Crippen molar-refractivity contribution in [3.63, 3.8) is 0 Å². The maximum Gasteiger partial charge on any atom is 0.244 e. The van der Waals surface area contributed by atoms with Crippen LogP contribution in [0.15, 0.2) is 12.3 Å². The molecule has 3 aliphatic rings. The third-order valence-electron chi connectivity index (χ3n) is 6.89. The van der Waals surface area contributed by atoms with Crippen LogP contribution in [0.25, 0.3) is 0 Å². The lowest BCUT2D eigenvalue weighted by Crippen LogP contribution is -2.55. The standard InChI is InChI=1S/C20H31N5O2/c1-16-4-9-21-25(16)14-19(27)23-11-7-20(8-12-23)6-3-18(26)24(15-20)17-5-10-22(2)13-17/h4,9,17H,3,5-8,10-15H2,1-2H3/t17-/m1/s1. The molecule has 1 aromatic rings. The van der Waals surface area contributed by atoms with Crippen LogP contribution in [0, 0.1) is 12.3 Å². The lowest BCUT2D eigenvalue weighted by Gasteiger charge is -2.49. The number of piperidine rings is 2. The van der Waals surface area contributed by atoms with E-state index in [4.69, 9.17) is 0 Å². The summed E-state index contributed by atoms with van der Waals surface area (Å²) in [7, 11) is 2.13. The van der Waals surface area contributed by atoms with Gasteiger partial charge in [-0.3, -0.25) is 14.3 Å². The quantitative estimate of drug-likeness (QED) is 0.797. The Balaban J connectivity index is 1.35. The highest BCUT2D eigenvalue weighted by molar-refractivity contribution is 5.78. The Labute approximate surface area is 161 Å². The average Bonchev–Trinajstić information content (AvgIpc) is 3.26. The topological polar surface area (TPSA) is 61.7 Å². The van der Waals surface area contributed by atoms with Crippen molar-refractivity contribution in [2.24, 2.45) is 5.41 Å². The highest BCUT2D eigenvalue weighted by Gasteiger charge is 2.44. The monoisotopic (exact) mass is 373 g/mol. The molecule has 27 heavy (non-hydrogen) atoms.